The molecule has 2 fully saturated rings. The molecule has 5 rings (SSSR count). The van der Waals surface area contributed by atoms with E-state index in [9.17, 15) is 4.79 Å². The number of halogens is 1. The van der Waals surface area contributed by atoms with Crippen LogP contribution in [0.4, 0.5) is 5.82 Å². The van der Waals surface area contributed by atoms with Gasteiger partial charge in [-0.05, 0) is 59.6 Å². The number of pyridine rings is 1. The first-order valence-electron chi connectivity index (χ1n) is 10.8. The average molecular weight is 484 g/mol. The van der Waals surface area contributed by atoms with Crippen LogP contribution in [0.1, 0.15) is 29.5 Å². The number of anilines is 1. The Bertz CT molecular complexity index is 1100. The van der Waals surface area contributed by atoms with E-state index in [4.69, 9.17) is 9.72 Å². The van der Waals surface area contributed by atoms with E-state index in [0.717, 1.165) is 85.1 Å². The van der Waals surface area contributed by atoms with Crippen molar-refractivity contribution >= 4 is 38.6 Å². The Kier molecular flexibility index (Phi) is 5.77. The molecule has 1 atom stereocenters. The summed E-state index contributed by atoms with van der Waals surface area (Å²) in [5.74, 6) is 2.13. The lowest BCUT2D eigenvalue weighted by Gasteiger charge is -2.35. The zero-order valence-electron chi connectivity index (χ0n) is 17.6. The molecule has 3 aromatic rings. The van der Waals surface area contributed by atoms with Crippen LogP contribution < -0.4 is 4.90 Å². The van der Waals surface area contributed by atoms with Crippen LogP contribution in [0.15, 0.2) is 41.0 Å². The fraction of sp³-hybridized carbons (Fsp3) is 0.435. The maximum Gasteiger partial charge on any atom is 0.159 e. The number of rotatable bonds is 6. The summed E-state index contributed by atoms with van der Waals surface area (Å²) in [6.45, 7) is 7.79. The lowest BCUT2D eigenvalue weighted by atomic mass is 10.1. The number of fused-ring (bicyclic) bond motifs is 1. The van der Waals surface area contributed by atoms with E-state index < -0.39 is 0 Å². The predicted octanol–water partition coefficient (Wildman–Crippen LogP) is 3.51. The summed E-state index contributed by atoms with van der Waals surface area (Å²) in [6, 6.07) is 11.8. The van der Waals surface area contributed by atoms with Gasteiger partial charge >= 0.3 is 0 Å². The molecule has 0 N–H and O–H groups in total. The third-order valence-corrected chi connectivity index (χ3v) is 6.62. The quantitative estimate of drug-likeness (QED) is 0.394. The number of carbonyl (C=O) groups excluding carboxylic acids is 1. The molecule has 0 spiro atoms. The number of hydrogen-bond acceptors (Lipinski definition) is 6. The standard InChI is InChI=1S/C23H26BrN5O2/c1-16(30)17-5-6-19-20(13-17)29(14-18-7-12-31-18)23(25-19)15-27-8-10-28(11-9-27)22-4-2-3-21(24)26-22/h2-6,13,18H,7-12,14-15H2,1H3/t18-/m0/s1. The van der Waals surface area contributed by atoms with Crippen LogP contribution >= 0.6 is 15.9 Å². The zero-order valence-corrected chi connectivity index (χ0v) is 19.2. The van der Waals surface area contributed by atoms with E-state index in [1.54, 1.807) is 6.92 Å². The Morgan fingerprint density at radius 1 is 1.16 bits per heavy atom. The number of aromatic nitrogens is 3. The number of ketones is 1. The van der Waals surface area contributed by atoms with Crippen molar-refractivity contribution in [1.82, 2.24) is 19.4 Å². The second-order valence-electron chi connectivity index (χ2n) is 8.26. The van der Waals surface area contributed by atoms with E-state index in [1.807, 2.05) is 30.3 Å². The Morgan fingerprint density at radius 3 is 2.65 bits per heavy atom. The molecule has 2 saturated heterocycles. The molecule has 162 valence electrons. The number of piperazine rings is 1. The molecule has 0 radical (unpaired) electrons. The van der Waals surface area contributed by atoms with Gasteiger partial charge in [-0.3, -0.25) is 9.69 Å². The summed E-state index contributed by atoms with van der Waals surface area (Å²) < 4.78 is 8.82. The van der Waals surface area contributed by atoms with Gasteiger partial charge in [0.25, 0.3) is 0 Å². The normalized spacial score (nSPS) is 19.5. The van der Waals surface area contributed by atoms with E-state index >= 15 is 0 Å². The number of nitrogens with zero attached hydrogens (tertiary/aromatic N) is 5. The molecule has 0 bridgehead atoms. The van der Waals surface area contributed by atoms with Crippen LogP contribution in [0.5, 0.6) is 0 Å². The Labute approximate surface area is 190 Å². The van der Waals surface area contributed by atoms with Gasteiger partial charge in [0.15, 0.2) is 5.78 Å². The van der Waals surface area contributed by atoms with Crippen molar-refractivity contribution < 1.29 is 9.53 Å². The van der Waals surface area contributed by atoms with Gasteiger partial charge < -0.3 is 14.2 Å². The van der Waals surface area contributed by atoms with E-state index in [-0.39, 0.29) is 11.9 Å². The number of Topliss-reactive ketones (excluding diaryl/α,β-unsaturated/α-hetero) is 1. The number of imidazole rings is 1. The molecule has 0 unspecified atom stereocenters. The first kappa shape index (κ1) is 20.6. The minimum atomic E-state index is 0.0772. The monoisotopic (exact) mass is 483 g/mol. The van der Waals surface area contributed by atoms with E-state index in [0.29, 0.717) is 0 Å². The maximum atomic E-state index is 11.9. The molecule has 2 aromatic heterocycles. The van der Waals surface area contributed by atoms with Gasteiger partial charge in [0.2, 0.25) is 0 Å². The Morgan fingerprint density at radius 2 is 1.97 bits per heavy atom. The second-order valence-corrected chi connectivity index (χ2v) is 9.07. The molecule has 1 aromatic carbocycles. The van der Waals surface area contributed by atoms with Crippen molar-refractivity contribution in [3.05, 3.63) is 52.4 Å². The largest absolute Gasteiger partial charge is 0.376 e. The highest BCUT2D eigenvalue weighted by atomic mass is 79.9. The van der Waals surface area contributed by atoms with Crippen LogP contribution in [0.2, 0.25) is 0 Å². The summed E-state index contributed by atoms with van der Waals surface area (Å²) in [5.41, 5.74) is 2.69. The smallest absolute Gasteiger partial charge is 0.159 e. The van der Waals surface area contributed by atoms with Crippen LogP contribution in [-0.4, -0.2) is 64.1 Å². The summed E-state index contributed by atoms with van der Waals surface area (Å²) >= 11 is 3.46. The third kappa shape index (κ3) is 4.37. The molecule has 2 aliphatic rings. The molecule has 2 aliphatic heterocycles. The topological polar surface area (TPSA) is 63.5 Å². The summed E-state index contributed by atoms with van der Waals surface area (Å²) in [5, 5.41) is 0. The zero-order chi connectivity index (χ0) is 21.4. The number of ether oxygens (including phenoxy) is 1. The molecule has 0 saturated carbocycles. The molecular formula is C23H26BrN5O2. The minimum absolute atomic E-state index is 0.0772. The van der Waals surface area contributed by atoms with Crippen molar-refractivity contribution in [3.8, 4) is 0 Å². The first-order chi connectivity index (χ1) is 15.1. The van der Waals surface area contributed by atoms with Gasteiger partial charge in [0.1, 0.15) is 16.2 Å². The maximum absolute atomic E-state index is 11.9. The van der Waals surface area contributed by atoms with Crippen LogP contribution in [-0.2, 0) is 17.8 Å². The predicted molar refractivity (Wildman–Crippen MR) is 124 cm³/mol. The Hall–Kier alpha value is -2.29. The second kappa shape index (κ2) is 8.68. The molecule has 7 nitrogen and oxygen atoms in total. The van der Waals surface area contributed by atoms with Crippen molar-refractivity contribution in [2.75, 3.05) is 37.7 Å². The lowest BCUT2D eigenvalue weighted by Crippen LogP contribution is -2.46. The highest BCUT2D eigenvalue weighted by molar-refractivity contribution is 9.10. The molecule has 4 heterocycles. The molecule has 31 heavy (non-hydrogen) atoms. The van der Waals surface area contributed by atoms with Gasteiger partial charge in [0, 0.05) is 38.3 Å². The number of carbonyl (C=O) groups is 1. The van der Waals surface area contributed by atoms with Crippen LogP contribution in [0, 0.1) is 0 Å². The SMILES string of the molecule is CC(=O)c1ccc2nc(CN3CCN(c4cccc(Br)n4)CC3)n(C[C@@H]3CCO3)c2c1. The summed E-state index contributed by atoms with van der Waals surface area (Å²) in [6.07, 6.45) is 1.31. The number of hydrogen-bond donors (Lipinski definition) is 0. The molecule has 8 heteroatoms. The third-order valence-electron chi connectivity index (χ3n) is 6.18. The molecular weight excluding hydrogens is 458 g/mol. The van der Waals surface area contributed by atoms with Gasteiger partial charge in [-0.2, -0.15) is 0 Å². The van der Waals surface area contributed by atoms with Crippen molar-refractivity contribution in [3.63, 3.8) is 0 Å². The van der Waals surface area contributed by atoms with Crippen molar-refractivity contribution in [1.29, 1.82) is 0 Å². The first-order valence-corrected chi connectivity index (χ1v) is 11.6. The van der Waals surface area contributed by atoms with Gasteiger partial charge in [-0.1, -0.05) is 6.07 Å². The lowest BCUT2D eigenvalue weighted by molar-refractivity contribution is -0.0592. The highest BCUT2D eigenvalue weighted by Crippen LogP contribution is 2.24. The fourth-order valence-electron chi connectivity index (χ4n) is 4.26. The van der Waals surface area contributed by atoms with E-state index in [1.165, 1.54) is 0 Å². The van der Waals surface area contributed by atoms with Gasteiger partial charge in [-0.25, -0.2) is 9.97 Å². The molecule has 0 amide bonds. The van der Waals surface area contributed by atoms with Gasteiger partial charge in [-0.15, -0.1) is 0 Å². The average Bonchev–Trinajstić information content (AvgIpc) is 3.07. The fourth-order valence-corrected chi connectivity index (χ4v) is 4.59. The van der Waals surface area contributed by atoms with Crippen molar-refractivity contribution in [2.24, 2.45) is 0 Å². The highest BCUT2D eigenvalue weighted by Gasteiger charge is 2.24. The van der Waals surface area contributed by atoms with Gasteiger partial charge in [0.05, 0.1) is 30.2 Å². The van der Waals surface area contributed by atoms with E-state index in [2.05, 4.69) is 41.3 Å². The summed E-state index contributed by atoms with van der Waals surface area (Å²) in [4.78, 5) is 26.2. The van der Waals surface area contributed by atoms with Crippen LogP contribution in [0.25, 0.3) is 11.0 Å². The van der Waals surface area contributed by atoms with Crippen LogP contribution in [0.3, 0.4) is 0 Å². The summed E-state index contributed by atoms with van der Waals surface area (Å²) in [7, 11) is 0. The number of benzene rings is 1. The van der Waals surface area contributed by atoms with Crippen molar-refractivity contribution in [2.45, 2.75) is 32.5 Å². The molecule has 0 aliphatic carbocycles. The minimum Gasteiger partial charge on any atom is -0.376 e. The Balaban J connectivity index is 1.35.